The highest BCUT2D eigenvalue weighted by molar-refractivity contribution is 5.31. The van der Waals surface area contributed by atoms with Gasteiger partial charge in [0.1, 0.15) is 0 Å². The molecule has 0 aromatic heterocycles. The van der Waals surface area contributed by atoms with E-state index in [0.29, 0.717) is 18.6 Å². The Morgan fingerprint density at radius 1 is 1.10 bits per heavy atom. The summed E-state index contributed by atoms with van der Waals surface area (Å²) in [4.78, 5) is 4.75. The van der Waals surface area contributed by atoms with Gasteiger partial charge in [-0.2, -0.15) is 0 Å². The lowest BCUT2D eigenvalue weighted by atomic mass is 9.99. The number of nitrogens with zero attached hydrogens (tertiary/aromatic N) is 2. The smallest absolute Gasteiger partial charge is 0.0473 e. The monoisotopic (exact) mass is 277 g/mol. The number of rotatable bonds is 7. The van der Waals surface area contributed by atoms with Gasteiger partial charge in [-0.3, -0.25) is 4.90 Å². The lowest BCUT2D eigenvalue weighted by Gasteiger charge is -2.37. The Morgan fingerprint density at radius 3 is 2.05 bits per heavy atom. The van der Waals surface area contributed by atoms with Crippen molar-refractivity contribution in [2.45, 2.75) is 39.8 Å². The summed E-state index contributed by atoms with van der Waals surface area (Å²) in [5.41, 5.74) is 10.1. The molecule has 0 aliphatic heterocycles. The van der Waals surface area contributed by atoms with Crippen molar-refractivity contribution in [2.75, 3.05) is 33.7 Å². The molecule has 1 aromatic rings. The van der Waals surface area contributed by atoms with Crippen LogP contribution in [0.4, 0.5) is 0 Å². The molecular weight excluding hydrogens is 246 g/mol. The standard InChI is InChI=1S/C17H31N3/c1-7-20(15(4)12-19(5)6)17(11-18)16-9-13(2)8-14(3)10-16/h8-10,15,17H,7,11-12,18H2,1-6H3. The second kappa shape index (κ2) is 7.77. The molecular formula is C17H31N3. The first-order valence-corrected chi connectivity index (χ1v) is 7.57. The largest absolute Gasteiger partial charge is 0.329 e. The normalized spacial score (nSPS) is 14.8. The summed E-state index contributed by atoms with van der Waals surface area (Å²) >= 11 is 0. The van der Waals surface area contributed by atoms with Crippen molar-refractivity contribution in [2.24, 2.45) is 5.73 Å². The zero-order chi connectivity index (χ0) is 15.3. The van der Waals surface area contributed by atoms with Crippen molar-refractivity contribution in [3.63, 3.8) is 0 Å². The van der Waals surface area contributed by atoms with Crippen LogP contribution in [-0.2, 0) is 0 Å². The van der Waals surface area contributed by atoms with Crippen molar-refractivity contribution in [3.8, 4) is 0 Å². The molecule has 2 N–H and O–H groups in total. The molecule has 3 nitrogen and oxygen atoms in total. The zero-order valence-electron chi connectivity index (χ0n) is 14.0. The fourth-order valence-electron chi connectivity index (χ4n) is 3.14. The van der Waals surface area contributed by atoms with Gasteiger partial charge in [0.2, 0.25) is 0 Å². The summed E-state index contributed by atoms with van der Waals surface area (Å²) in [5.74, 6) is 0. The molecule has 1 rings (SSSR count). The predicted molar refractivity (Wildman–Crippen MR) is 88.1 cm³/mol. The molecule has 0 heterocycles. The van der Waals surface area contributed by atoms with Gasteiger partial charge in [-0.1, -0.05) is 36.2 Å². The molecule has 0 fully saturated rings. The maximum absolute atomic E-state index is 6.09. The van der Waals surface area contributed by atoms with Gasteiger partial charge in [-0.15, -0.1) is 0 Å². The SMILES string of the molecule is CCN(C(C)CN(C)C)C(CN)c1cc(C)cc(C)c1. The summed E-state index contributed by atoms with van der Waals surface area (Å²) in [7, 11) is 4.25. The van der Waals surface area contributed by atoms with Gasteiger partial charge in [-0.25, -0.2) is 0 Å². The van der Waals surface area contributed by atoms with E-state index in [-0.39, 0.29) is 0 Å². The van der Waals surface area contributed by atoms with Crippen LogP contribution in [0.5, 0.6) is 0 Å². The molecule has 0 spiro atoms. The predicted octanol–water partition coefficient (Wildman–Crippen LogP) is 2.58. The number of benzene rings is 1. The van der Waals surface area contributed by atoms with Gasteiger partial charge in [-0.05, 0) is 47.0 Å². The van der Waals surface area contributed by atoms with Crippen molar-refractivity contribution in [1.82, 2.24) is 9.80 Å². The highest BCUT2D eigenvalue weighted by Crippen LogP contribution is 2.24. The second-order valence-corrected chi connectivity index (χ2v) is 6.11. The molecule has 1 aromatic carbocycles. The Labute approximate surface area is 124 Å². The molecule has 2 atom stereocenters. The first-order chi connectivity index (χ1) is 9.38. The molecule has 20 heavy (non-hydrogen) atoms. The molecule has 0 aliphatic rings. The maximum atomic E-state index is 6.09. The van der Waals surface area contributed by atoms with Crippen LogP contribution in [0.1, 0.15) is 36.6 Å². The van der Waals surface area contributed by atoms with E-state index < -0.39 is 0 Å². The van der Waals surface area contributed by atoms with Crippen LogP contribution in [0.15, 0.2) is 18.2 Å². The number of nitrogens with two attached hydrogens (primary N) is 1. The topological polar surface area (TPSA) is 32.5 Å². The third kappa shape index (κ3) is 4.58. The number of hydrogen-bond acceptors (Lipinski definition) is 3. The third-order valence-electron chi connectivity index (χ3n) is 3.81. The van der Waals surface area contributed by atoms with Crippen LogP contribution >= 0.6 is 0 Å². The number of hydrogen-bond donors (Lipinski definition) is 1. The van der Waals surface area contributed by atoms with Crippen LogP contribution in [0.2, 0.25) is 0 Å². The van der Waals surface area contributed by atoms with Crippen molar-refractivity contribution in [3.05, 3.63) is 34.9 Å². The zero-order valence-corrected chi connectivity index (χ0v) is 14.0. The minimum atomic E-state index is 0.300. The summed E-state index contributed by atoms with van der Waals surface area (Å²) in [6.45, 7) is 11.5. The lowest BCUT2D eigenvalue weighted by Crippen LogP contribution is -2.44. The molecule has 2 unspecified atom stereocenters. The molecule has 0 aliphatic carbocycles. The van der Waals surface area contributed by atoms with Crippen LogP contribution < -0.4 is 5.73 Å². The van der Waals surface area contributed by atoms with E-state index in [4.69, 9.17) is 5.73 Å². The third-order valence-corrected chi connectivity index (χ3v) is 3.81. The van der Waals surface area contributed by atoms with Gasteiger partial charge >= 0.3 is 0 Å². The van der Waals surface area contributed by atoms with E-state index in [0.717, 1.165) is 13.1 Å². The summed E-state index contributed by atoms with van der Waals surface area (Å²) in [5, 5.41) is 0. The Hall–Kier alpha value is -0.900. The molecule has 0 saturated heterocycles. The van der Waals surface area contributed by atoms with E-state index in [1.165, 1.54) is 16.7 Å². The Morgan fingerprint density at radius 2 is 1.65 bits per heavy atom. The number of likely N-dealkylation sites (N-methyl/N-ethyl adjacent to an activating group) is 2. The van der Waals surface area contributed by atoms with Gasteiger partial charge < -0.3 is 10.6 Å². The van der Waals surface area contributed by atoms with E-state index in [1.54, 1.807) is 0 Å². The fourth-order valence-corrected chi connectivity index (χ4v) is 3.14. The summed E-state index contributed by atoms with van der Waals surface area (Å²) < 4.78 is 0. The first kappa shape index (κ1) is 17.2. The van der Waals surface area contributed by atoms with Crippen LogP contribution in [0.3, 0.4) is 0 Å². The van der Waals surface area contributed by atoms with Gasteiger partial charge in [0.05, 0.1) is 0 Å². The summed E-state index contributed by atoms with van der Waals surface area (Å²) in [6.07, 6.45) is 0. The minimum Gasteiger partial charge on any atom is -0.329 e. The Balaban J connectivity index is 3.01. The van der Waals surface area contributed by atoms with Gasteiger partial charge in [0.15, 0.2) is 0 Å². The first-order valence-electron chi connectivity index (χ1n) is 7.57. The Kier molecular flexibility index (Phi) is 6.66. The number of aryl methyl sites for hydroxylation is 2. The quantitative estimate of drug-likeness (QED) is 0.831. The maximum Gasteiger partial charge on any atom is 0.0473 e. The van der Waals surface area contributed by atoms with E-state index in [1.807, 2.05) is 0 Å². The minimum absolute atomic E-state index is 0.300. The summed E-state index contributed by atoms with van der Waals surface area (Å²) in [6, 6.07) is 7.56. The molecule has 0 amide bonds. The van der Waals surface area contributed by atoms with Crippen LogP contribution in [0.25, 0.3) is 0 Å². The Bertz CT molecular complexity index is 394. The van der Waals surface area contributed by atoms with Gasteiger partial charge in [0.25, 0.3) is 0 Å². The molecule has 0 bridgehead atoms. The van der Waals surface area contributed by atoms with E-state index >= 15 is 0 Å². The molecule has 0 radical (unpaired) electrons. The van der Waals surface area contributed by atoms with Crippen LogP contribution in [-0.4, -0.2) is 49.6 Å². The average molecular weight is 277 g/mol. The average Bonchev–Trinajstić information content (AvgIpc) is 2.33. The van der Waals surface area contributed by atoms with Crippen LogP contribution in [0, 0.1) is 13.8 Å². The molecule has 0 saturated carbocycles. The molecule has 3 heteroatoms. The van der Waals surface area contributed by atoms with Gasteiger partial charge in [0, 0.05) is 25.2 Å². The van der Waals surface area contributed by atoms with Crippen molar-refractivity contribution < 1.29 is 0 Å². The van der Waals surface area contributed by atoms with Crippen molar-refractivity contribution >= 4 is 0 Å². The van der Waals surface area contributed by atoms with E-state index in [2.05, 4.69) is 69.8 Å². The second-order valence-electron chi connectivity index (χ2n) is 6.11. The lowest BCUT2D eigenvalue weighted by molar-refractivity contribution is 0.131. The molecule has 114 valence electrons. The van der Waals surface area contributed by atoms with E-state index in [9.17, 15) is 0 Å². The van der Waals surface area contributed by atoms with Crippen molar-refractivity contribution in [1.29, 1.82) is 0 Å². The highest BCUT2D eigenvalue weighted by atomic mass is 15.2. The highest BCUT2D eigenvalue weighted by Gasteiger charge is 2.23. The fraction of sp³-hybridized carbons (Fsp3) is 0.647.